The van der Waals surface area contributed by atoms with Crippen molar-refractivity contribution in [3.63, 3.8) is 0 Å². The second-order valence-electron chi connectivity index (χ2n) is 4.79. The molecule has 1 aromatic rings. The minimum Gasteiger partial charge on any atom is -0.481 e. The van der Waals surface area contributed by atoms with Crippen molar-refractivity contribution in [2.75, 3.05) is 6.79 Å². The predicted molar refractivity (Wildman–Crippen MR) is 68.0 cm³/mol. The Morgan fingerprint density at radius 1 is 1.28 bits per heavy atom. The molecule has 1 aliphatic carbocycles. The number of carboxylic acid groups (broad SMARTS) is 1. The molecular weight excluding hydrogens is 300 g/mol. The number of carbonyl (C=O) groups is 1. The zero-order valence-corrected chi connectivity index (χ0v) is 11.3. The molecule has 0 aromatic heterocycles. The molecule has 5 heteroatoms. The molecule has 3 rings (SSSR count). The van der Waals surface area contributed by atoms with Crippen molar-refractivity contribution in [3.05, 3.63) is 22.2 Å². The van der Waals surface area contributed by atoms with Crippen molar-refractivity contribution in [2.24, 2.45) is 0 Å². The smallest absolute Gasteiger partial charge is 0.314 e. The predicted octanol–water partition coefficient (Wildman–Crippen LogP) is 3.07. The van der Waals surface area contributed by atoms with Crippen molar-refractivity contribution >= 4 is 21.9 Å². The number of fused-ring (bicyclic) bond motifs is 1. The zero-order chi connectivity index (χ0) is 12.8. The number of carboxylic acids is 1. The molecule has 1 aromatic carbocycles. The number of hydrogen-bond donors (Lipinski definition) is 1. The van der Waals surface area contributed by atoms with Crippen molar-refractivity contribution in [2.45, 2.75) is 31.1 Å². The molecule has 0 unspecified atom stereocenters. The van der Waals surface area contributed by atoms with E-state index in [4.69, 9.17) is 9.47 Å². The van der Waals surface area contributed by atoms with Crippen LogP contribution >= 0.6 is 15.9 Å². The number of ether oxygens (including phenoxy) is 2. The van der Waals surface area contributed by atoms with E-state index in [0.29, 0.717) is 24.3 Å². The van der Waals surface area contributed by atoms with Gasteiger partial charge < -0.3 is 14.6 Å². The second kappa shape index (κ2) is 4.16. The van der Waals surface area contributed by atoms with Gasteiger partial charge in [0.1, 0.15) is 0 Å². The fourth-order valence-corrected chi connectivity index (χ4v) is 3.40. The summed E-state index contributed by atoms with van der Waals surface area (Å²) in [5, 5.41) is 9.57. The first kappa shape index (κ1) is 11.8. The van der Waals surface area contributed by atoms with E-state index < -0.39 is 11.4 Å². The quantitative estimate of drug-likeness (QED) is 0.911. The summed E-state index contributed by atoms with van der Waals surface area (Å²) in [5.41, 5.74) is 0.0485. The lowest BCUT2D eigenvalue weighted by atomic mass is 9.79. The molecule has 0 saturated heterocycles. The SMILES string of the molecule is O=C(O)C1(c2cc(Br)c3c(c2)OCO3)CCCC1. The van der Waals surface area contributed by atoms with E-state index in [1.807, 2.05) is 12.1 Å². The van der Waals surface area contributed by atoms with Gasteiger partial charge >= 0.3 is 5.97 Å². The topological polar surface area (TPSA) is 55.8 Å². The Labute approximate surface area is 113 Å². The highest BCUT2D eigenvalue weighted by atomic mass is 79.9. The molecule has 1 fully saturated rings. The van der Waals surface area contributed by atoms with Gasteiger partial charge in [-0.05, 0) is 46.5 Å². The Morgan fingerprint density at radius 2 is 2.00 bits per heavy atom. The Bertz CT molecular complexity index is 506. The van der Waals surface area contributed by atoms with Crippen molar-refractivity contribution in [3.8, 4) is 11.5 Å². The van der Waals surface area contributed by atoms with Crippen LogP contribution in [0.3, 0.4) is 0 Å². The molecule has 1 saturated carbocycles. The number of hydrogen-bond acceptors (Lipinski definition) is 3. The van der Waals surface area contributed by atoms with E-state index in [1.54, 1.807) is 0 Å². The summed E-state index contributed by atoms with van der Waals surface area (Å²) in [7, 11) is 0. The summed E-state index contributed by atoms with van der Waals surface area (Å²) in [6.45, 7) is 0.192. The minimum atomic E-state index is -0.760. The van der Waals surface area contributed by atoms with Gasteiger partial charge in [0.2, 0.25) is 6.79 Å². The molecule has 1 heterocycles. The van der Waals surface area contributed by atoms with Gasteiger partial charge in [-0.15, -0.1) is 0 Å². The van der Waals surface area contributed by atoms with Crippen molar-refractivity contribution < 1.29 is 19.4 Å². The van der Waals surface area contributed by atoms with Crippen molar-refractivity contribution in [1.82, 2.24) is 0 Å². The van der Waals surface area contributed by atoms with Crippen LogP contribution in [0.15, 0.2) is 16.6 Å². The van der Waals surface area contributed by atoms with E-state index in [0.717, 1.165) is 22.9 Å². The first-order valence-corrected chi connectivity index (χ1v) is 6.76. The van der Waals surface area contributed by atoms with Gasteiger partial charge in [0, 0.05) is 0 Å². The van der Waals surface area contributed by atoms with Gasteiger partial charge in [-0.25, -0.2) is 0 Å². The lowest BCUT2D eigenvalue weighted by Crippen LogP contribution is -2.32. The number of rotatable bonds is 2. The number of benzene rings is 1. The minimum absolute atomic E-state index is 0.192. The maximum Gasteiger partial charge on any atom is 0.314 e. The molecule has 96 valence electrons. The Hall–Kier alpha value is -1.23. The van der Waals surface area contributed by atoms with Crippen LogP contribution in [-0.4, -0.2) is 17.9 Å². The second-order valence-corrected chi connectivity index (χ2v) is 5.64. The van der Waals surface area contributed by atoms with Crippen LogP contribution in [0.2, 0.25) is 0 Å². The highest BCUT2D eigenvalue weighted by Gasteiger charge is 2.43. The van der Waals surface area contributed by atoms with Crippen LogP contribution in [0.4, 0.5) is 0 Å². The molecule has 0 bridgehead atoms. The highest BCUT2D eigenvalue weighted by molar-refractivity contribution is 9.10. The van der Waals surface area contributed by atoms with Crippen LogP contribution in [0.5, 0.6) is 11.5 Å². The number of aliphatic carboxylic acids is 1. The van der Waals surface area contributed by atoms with E-state index >= 15 is 0 Å². The summed E-state index contributed by atoms with van der Waals surface area (Å²) < 4.78 is 11.4. The maximum atomic E-state index is 11.6. The molecule has 0 radical (unpaired) electrons. The third kappa shape index (κ3) is 1.61. The Kier molecular flexibility index (Phi) is 2.73. The van der Waals surface area contributed by atoms with Gasteiger partial charge in [-0.1, -0.05) is 12.8 Å². The van der Waals surface area contributed by atoms with E-state index in [9.17, 15) is 9.90 Å². The summed E-state index contributed by atoms with van der Waals surface area (Å²) >= 11 is 3.42. The van der Waals surface area contributed by atoms with Crippen LogP contribution in [0.25, 0.3) is 0 Å². The van der Waals surface area contributed by atoms with Gasteiger partial charge in [-0.3, -0.25) is 4.79 Å². The average molecular weight is 313 g/mol. The normalized spacial score (nSPS) is 20.1. The largest absolute Gasteiger partial charge is 0.481 e. The van der Waals surface area contributed by atoms with Crippen LogP contribution < -0.4 is 9.47 Å². The highest BCUT2D eigenvalue weighted by Crippen LogP contribution is 2.47. The third-order valence-corrected chi connectivity index (χ3v) is 4.44. The van der Waals surface area contributed by atoms with E-state index in [2.05, 4.69) is 15.9 Å². The molecular formula is C13H13BrO4. The molecule has 4 nitrogen and oxygen atoms in total. The summed E-state index contributed by atoms with van der Waals surface area (Å²) in [4.78, 5) is 11.6. The van der Waals surface area contributed by atoms with Crippen LogP contribution in [0.1, 0.15) is 31.2 Å². The zero-order valence-electron chi connectivity index (χ0n) is 9.74. The fraction of sp³-hybridized carbons (Fsp3) is 0.462. The molecule has 1 N–H and O–H groups in total. The Balaban J connectivity index is 2.11. The molecule has 2 aliphatic rings. The summed E-state index contributed by atoms with van der Waals surface area (Å²) in [6.07, 6.45) is 3.29. The van der Waals surface area contributed by atoms with Gasteiger partial charge in [0.25, 0.3) is 0 Å². The fourth-order valence-electron chi connectivity index (χ4n) is 2.85. The average Bonchev–Trinajstić information content (AvgIpc) is 2.98. The molecule has 0 spiro atoms. The van der Waals surface area contributed by atoms with Crippen LogP contribution in [-0.2, 0) is 10.2 Å². The first-order chi connectivity index (χ1) is 8.63. The van der Waals surface area contributed by atoms with E-state index in [-0.39, 0.29) is 6.79 Å². The monoisotopic (exact) mass is 312 g/mol. The van der Waals surface area contributed by atoms with Gasteiger partial charge in [0.05, 0.1) is 9.89 Å². The molecule has 0 atom stereocenters. The van der Waals surface area contributed by atoms with Gasteiger partial charge in [-0.2, -0.15) is 0 Å². The third-order valence-electron chi connectivity index (χ3n) is 3.85. The maximum absolute atomic E-state index is 11.6. The molecule has 18 heavy (non-hydrogen) atoms. The molecule has 0 amide bonds. The lowest BCUT2D eigenvalue weighted by Gasteiger charge is -2.24. The van der Waals surface area contributed by atoms with Gasteiger partial charge in [0.15, 0.2) is 11.5 Å². The molecule has 1 aliphatic heterocycles. The first-order valence-electron chi connectivity index (χ1n) is 5.96. The Morgan fingerprint density at radius 3 is 2.67 bits per heavy atom. The van der Waals surface area contributed by atoms with Crippen LogP contribution in [0, 0.1) is 0 Å². The number of halogens is 1. The van der Waals surface area contributed by atoms with Crippen molar-refractivity contribution in [1.29, 1.82) is 0 Å². The summed E-state index contributed by atoms with van der Waals surface area (Å²) in [6, 6.07) is 3.67. The van der Waals surface area contributed by atoms with E-state index in [1.165, 1.54) is 0 Å². The lowest BCUT2D eigenvalue weighted by molar-refractivity contribution is -0.143. The summed E-state index contributed by atoms with van der Waals surface area (Å²) in [5.74, 6) is 0.551. The standard InChI is InChI=1S/C13H13BrO4/c14-9-5-8(6-10-11(9)18-7-17-10)13(12(15)16)3-1-2-4-13/h5-6H,1-4,7H2,(H,15,16).